The molecule has 3 aromatic rings. The van der Waals surface area contributed by atoms with Crippen molar-refractivity contribution in [3.8, 4) is 33.2 Å². The van der Waals surface area contributed by atoms with Crippen molar-refractivity contribution in [1.82, 2.24) is 14.2 Å². The fourth-order valence-corrected chi connectivity index (χ4v) is 5.46. The number of ether oxygens (including phenoxy) is 2. The molecule has 36 heavy (non-hydrogen) atoms. The molecular formula is C26H33N3O5S2. The number of hydrogen-bond acceptors (Lipinski definition) is 6. The molecule has 3 heterocycles. The third-order valence-corrected chi connectivity index (χ3v) is 8.02. The number of thiophene rings is 1. The first-order valence-corrected chi connectivity index (χ1v) is 14.5. The van der Waals surface area contributed by atoms with E-state index >= 15 is 0 Å². The highest BCUT2D eigenvalue weighted by Crippen LogP contribution is 2.45. The van der Waals surface area contributed by atoms with E-state index in [1.165, 1.54) is 0 Å². The minimum absolute atomic E-state index is 0.0214. The van der Waals surface area contributed by atoms with Crippen LogP contribution in [0.15, 0.2) is 35.7 Å². The van der Waals surface area contributed by atoms with Crippen LogP contribution in [0.2, 0.25) is 0 Å². The smallest absolute Gasteiger partial charge is 0.270 e. The lowest BCUT2D eigenvalue weighted by Gasteiger charge is -2.32. The van der Waals surface area contributed by atoms with Crippen molar-refractivity contribution < 1.29 is 22.7 Å². The van der Waals surface area contributed by atoms with Gasteiger partial charge in [0.2, 0.25) is 10.0 Å². The van der Waals surface area contributed by atoms with Gasteiger partial charge in [0.25, 0.3) is 5.91 Å². The second-order valence-electron chi connectivity index (χ2n) is 9.88. The topological polar surface area (TPSA) is 89.9 Å². The first kappa shape index (κ1) is 26.2. The summed E-state index contributed by atoms with van der Waals surface area (Å²) in [7, 11) is 0.125. The number of nitrogens with one attached hydrogen (secondary N) is 1. The van der Waals surface area contributed by atoms with Gasteiger partial charge in [-0.2, -0.15) is 0 Å². The third-order valence-electron chi connectivity index (χ3n) is 6.39. The molecule has 2 aromatic heterocycles. The summed E-state index contributed by atoms with van der Waals surface area (Å²) in [6.07, 6.45) is 1.86. The van der Waals surface area contributed by atoms with E-state index in [4.69, 9.17) is 9.47 Å². The van der Waals surface area contributed by atoms with E-state index in [9.17, 15) is 13.2 Å². The second kappa shape index (κ2) is 9.91. The number of rotatable bonds is 8. The molecule has 1 amide bonds. The maximum absolute atomic E-state index is 13.6. The Morgan fingerprint density at radius 2 is 1.94 bits per heavy atom. The summed E-state index contributed by atoms with van der Waals surface area (Å²) >= 11 is 1.63. The summed E-state index contributed by atoms with van der Waals surface area (Å²) in [5.74, 6) is 1.10. The highest BCUT2D eigenvalue weighted by molar-refractivity contribution is 7.88. The minimum Gasteiger partial charge on any atom is -0.493 e. The van der Waals surface area contributed by atoms with Gasteiger partial charge in [-0.1, -0.05) is 6.07 Å². The Labute approximate surface area is 216 Å². The molecule has 1 N–H and O–H groups in total. The number of aromatic nitrogens is 1. The molecule has 0 saturated carbocycles. The van der Waals surface area contributed by atoms with E-state index in [0.717, 1.165) is 39.9 Å². The van der Waals surface area contributed by atoms with E-state index in [-0.39, 0.29) is 24.6 Å². The summed E-state index contributed by atoms with van der Waals surface area (Å²) in [5, 5.41) is 2.03. The normalized spacial score (nSPS) is 13.2. The molecule has 194 valence electrons. The van der Waals surface area contributed by atoms with Crippen molar-refractivity contribution in [3.05, 3.63) is 47.0 Å². The van der Waals surface area contributed by atoms with Gasteiger partial charge >= 0.3 is 0 Å². The predicted molar refractivity (Wildman–Crippen MR) is 144 cm³/mol. The zero-order valence-electron chi connectivity index (χ0n) is 21.5. The van der Waals surface area contributed by atoms with Crippen LogP contribution in [0.4, 0.5) is 0 Å². The molecule has 0 aliphatic carbocycles. The highest BCUT2D eigenvalue weighted by atomic mass is 32.2. The van der Waals surface area contributed by atoms with Gasteiger partial charge < -0.3 is 18.9 Å². The SMILES string of the molecule is COc1cc2c(cc1OCCNS(C)(=O)=O)-c1c(-c3cccs3)cc(C(=O)N(C)C(C)(C)C)n1CC2. The molecule has 0 spiro atoms. The molecule has 0 atom stereocenters. The van der Waals surface area contributed by atoms with Crippen molar-refractivity contribution in [2.45, 2.75) is 39.3 Å². The molecule has 1 aliphatic rings. The molecule has 0 unspecified atom stereocenters. The van der Waals surface area contributed by atoms with Crippen molar-refractivity contribution >= 4 is 27.3 Å². The zero-order chi connectivity index (χ0) is 26.3. The molecule has 0 saturated heterocycles. The van der Waals surface area contributed by atoms with Crippen LogP contribution in [0.5, 0.6) is 11.5 Å². The number of amides is 1. The summed E-state index contributed by atoms with van der Waals surface area (Å²) in [4.78, 5) is 16.5. The van der Waals surface area contributed by atoms with E-state index in [1.807, 2.05) is 57.5 Å². The quantitative estimate of drug-likeness (QED) is 0.439. The molecular weight excluding hydrogens is 498 g/mol. The van der Waals surface area contributed by atoms with E-state index in [1.54, 1.807) is 23.3 Å². The van der Waals surface area contributed by atoms with Crippen LogP contribution in [-0.2, 0) is 23.0 Å². The van der Waals surface area contributed by atoms with E-state index in [2.05, 4.69) is 15.4 Å². The van der Waals surface area contributed by atoms with E-state index in [0.29, 0.717) is 23.7 Å². The number of methoxy groups -OCH3 is 1. The number of hydrogen-bond donors (Lipinski definition) is 1. The molecule has 4 rings (SSSR count). The third kappa shape index (κ3) is 5.30. The van der Waals surface area contributed by atoms with Crippen molar-refractivity contribution in [1.29, 1.82) is 0 Å². The lowest BCUT2D eigenvalue weighted by Crippen LogP contribution is -2.43. The maximum Gasteiger partial charge on any atom is 0.270 e. The first-order chi connectivity index (χ1) is 16.9. The molecule has 1 aromatic carbocycles. The average Bonchev–Trinajstić information content (AvgIpc) is 3.47. The van der Waals surface area contributed by atoms with Gasteiger partial charge in [-0.05, 0) is 62.4 Å². The number of carbonyl (C=O) groups is 1. The highest BCUT2D eigenvalue weighted by Gasteiger charge is 2.32. The Kier molecular flexibility index (Phi) is 7.23. The van der Waals surface area contributed by atoms with Gasteiger partial charge in [-0.15, -0.1) is 11.3 Å². The Hall–Kier alpha value is -2.82. The van der Waals surface area contributed by atoms with Crippen molar-refractivity contribution in [2.24, 2.45) is 0 Å². The van der Waals surface area contributed by atoms with Gasteiger partial charge in [-0.3, -0.25) is 4.79 Å². The van der Waals surface area contributed by atoms with Crippen LogP contribution in [0.25, 0.3) is 21.7 Å². The molecule has 8 nitrogen and oxygen atoms in total. The number of carbonyl (C=O) groups excluding carboxylic acids is 1. The van der Waals surface area contributed by atoms with Gasteiger partial charge in [0.15, 0.2) is 11.5 Å². The van der Waals surface area contributed by atoms with Gasteiger partial charge in [-0.25, -0.2) is 13.1 Å². The number of sulfonamides is 1. The lowest BCUT2D eigenvalue weighted by atomic mass is 9.95. The molecule has 1 aliphatic heterocycles. The number of benzene rings is 1. The minimum atomic E-state index is -3.30. The Morgan fingerprint density at radius 3 is 2.56 bits per heavy atom. The molecule has 10 heteroatoms. The van der Waals surface area contributed by atoms with Crippen LogP contribution >= 0.6 is 11.3 Å². The summed E-state index contributed by atoms with van der Waals surface area (Å²) in [6.45, 7) is 7.04. The average molecular weight is 532 g/mol. The molecule has 0 radical (unpaired) electrons. The largest absolute Gasteiger partial charge is 0.493 e. The summed E-state index contributed by atoms with van der Waals surface area (Å²) < 4.78 is 38.8. The number of fused-ring (bicyclic) bond motifs is 3. The van der Waals surface area contributed by atoms with Gasteiger partial charge in [0, 0.05) is 41.7 Å². The maximum atomic E-state index is 13.6. The molecule has 0 bridgehead atoms. The Bertz CT molecular complexity index is 1370. The first-order valence-electron chi connectivity index (χ1n) is 11.7. The summed E-state index contributed by atoms with van der Waals surface area (Å²) in [5.41, 5.74) is 4.42. The number of aryl methyl sites for hydroxylation is 1. The fourth-order valence-electron chi connectivity index (χ4n) is 4.27. The fraction of sp³-hybridized carbons (Fsp3) is 0.423. The predicted octanol–water partition coefficient (Wildman–Crippen LogP) is 4.25. The Morgan fingerprint density at radius 1 is 1.19 bits per heavy atom. The van der Waals surface area contributed by atoms with Crippen LogP contribution in [0.1, 0.15) is 36.8 Å². The van der Waals surface area contributed by atoms with Crippen LogP contribution < -0.4 is 14.2 Å². The van der Waals surface area contributed by atoms with Crippen LogP contribution in [-0.4, -0.2) is 62.9 Å². The monoisotopic (exact) mass is 531 g/mol. The number of nitrogens with zero attached hydrogens (tertiary/aromatic N) is 2. The molecule has 0 fully saturated rings. The van der Waals surface area contributed by atoms with Crippen molar-refractivity contribution in [3.63, 3.8) is 0 Å². The Balaban J connectivity index is 1.80. The van der Waals surface area contributed by atoms with Crippen LogP contribution in [0, 0.1) is 0 Å². The van der Waals surface area contributed by atoms with E-state index < -0.39 is 10.0 Å². The second-order valence-corrected chi connectivity index (χ2v) is 12.7. The summed E-state index contributed by atoms with van der Waals surface area (Å²) in [6, 6.07) is 9.99. The lowest BCUT2D eigenvalue weighted by molar-refractivity contribution is 0.0644. The van der Waals surface area contributed by atoms with Crippen molar-refractivity contribution in [2.75, 3.05) is 33.6 Å². The van der Waals surface area contributed by atoms with Gasteiger partial charge in [0.05, 0.1) is 19.1 Å². The van der Waals surface area contributed by atoms with Gasteiger partial charge in [0.1, 0.15) is 12.3 Å². The standard InChI is InChI=1S/C26H33N3O5S2/c1-26(2,3)28(4)25(30)20-15-19(23-8-7-13-35-23)24-18-16-22(34-12-10-27-36(6,31)32)21(33-5)14-17(18)9-11-29(20)24/h7-8,13-16,27H,9-12H2,1-6H3. The van der Waals surface area contributed by atoms with Crippen LogP contribution in [0.3, 0.4) is 0 Å². The zero-order valence-corrected chi connectivity index (χ0v) is 23.2.